The van der Waals surface area contributed by atoms with E-state index < -0.39 is 20.0 Å². The zero-order valence-electron chi connectivity index (χ0n) is 26.2. The first-order valence-electron chi connectivity index (χ1n) is 16.3. The Morgan fingerprint density at radius 2 is 0.886 bits per heavy atom. The van der Waals surface area contributed by atoms with Crippen molar-refractivity contribution in [3.8, 4) is 0 Å². The Hall–Kier alpha value is -3.04. The van der Waals surface area contributed by atoms with Crippen LogP contribution in [0.25, 0.3) is 0 Å². The maximum atomic E-state index is 12.8. The predicted octanol–water partition coefficient (Wildman–Crippen LogP) is 9.06. The Bertz CT molecular complexity index is 1440. The van der Waals surface area contributed by atoms with Gasteiger partial charge in [-0.2, -0.15) is 25.6 Å². The number of nitrogens with zero attached hydrogens (tertiary/aromatic N) is 2. The SMILES string of the molecule is CCCCCCCCCCCCCCCCCNc1ccc(S(=O)(=O)N=C2C=CC(=NS(=O)(=O)c3ccccc3)C=C2)cc1. The van der Waals surface area contributed by atoms with Crippen LogP contribution in [0.1, 0.15) is 103 Å². The molecule has 0 atom stereocenters. The smallest absolute Gasteiger partial charge is 0.282 e. The first-order valence-corrected chi connectivity index (χ1v) is 19.1. The first kappa shape index (κ1) is 35.4. The van der Waals surface area contributed by atoms with Crippen molar-refractivity contribution in [3.63, 3.8) is 0 Å². The largest absolute Gasteiger partial charge is 0.385 e. The third kappa shape index (κ3) is 13.3. The van der Waals surface area contributed by atoms with E-state index in [2.05, 4.69) is 21.0 Å². The van der Waals surface area contributed by atoms with Crippen molar-refractivity contribution >= 4 is 37.2 Å². The fourth-order valence-corrected chi connectivity index (χ4v) is 7.01. The van der Waals surface area contributed by atoms with E-state index in [-0.39, 0.29) is 21.2 Å². The molecule has 44 heavy (non-hydrogen) atoms. The molecule has 0 spiro atoms. The van der Waals surface area contributed by atoms with Gasteiger partial charge in [-0.05, 0) is 67.1 Å². The van der Waals surface area contributed by atoms with Crippen molar-refractivity contribution in [1.29, 1.82) is 0 Å². The second-order valence-electron chi connectivity index (χ2n) is 11.4. The standard InChI is InChI=1S/C35H49N3O4S2/c1-2-3-4-5-6-7-8-9-10-11-12-13-14-15-19-30-36-31-26-28-35(29-27-31)44(41,42)38-33-24-22-32(23-25-33)37-43(39,40)34-20-17-16-18-21-34/h16-18,20-29,36H,2-15,19,30H2,1H3. The Morgan fingerprint density at radius 1 is 0.500 bits per heavy atom. The molecule has 1 N–H and O–H groups in total. The Balaban J connectivity index is 1.31. The number of sulfonamides is 2. The molecule has 0 amide bonds. The van der Waals surface area contributed by atoms with E-state index in [1.807, 2.05) is 0 Å². The molecule has 0 heterocycles. The van der Waals surface area contributed by atoms with Gasteiger partial charge in [-0.25, -0.2) is 0 Å². The predicted molar refractivity (Wildman–Crippen MR) is 184 cm³/mol. The summed E-state index contributed by atoms with van der Waals surface area (Å²) in [6, 6.07) is 14.5. The van der Waals surface area contributed by atoms with Crippen LogP contribution >= 0.6 is 0 Å². The van der Waals surface area contributed by atoms with Crippen LogP contribution in [0.15, 0.2) is 97.5 Å². The summed E-state index contributed by atoms with van der Waals surface area (Å²) in [7, 11) is -7.78. The molecule has 240 valence electrons. The number of rotatable bonds is 21. The molecule has 0 aromatic heterocycles. The lowest BCUT2D eigenvalue weighted by molar-refractivity contribution is 0.533. The topological polar surface area (TPSA) is 105 Å². The molecule has 9 heteroatoms. The maximum absolute atomic E-state index is 12.8. The molecule has 0 fully saturated rings. The third-order valence-corrected chi connectivity index (χ3v) is 10.2. The highest BCUT2D eigenvalue weighted by atomic mass is 32.2. The van der Waals surface area contributed by atoms with Gasteiger partial charge in [-0.1, -0.05) is 115 Å². The molecule has 1 aliphatic rings. The number of hydrogen-bond acceptors (Lipinski definition) is 5. The summed E-state index contributed by atoms with van der Waals surface area (Å²) in [4.78, 5) is 0.180. The number of nitrogens with one attached hydrogen (secondary N) is 1. The van der Waals surface area contributed by atoms with Crippen LogP contribution in [0.2, 0.25) is 0 Å². The molecule has 0 saturated carbocycles. The minimum atomic E-state index is -3.92. The molecule has 1 aliphatic carbocycles. The minimum absolute atomic E-state index is 0.0871. The van der Waals surface area contributed by atoms with Gasteiger partial charge in [-0.15, -0.1) is 0 Å². The number of unbranched alkanes of at least 4 members (excludes halogenated alkanes) is 14. The van der Waals surface area contributed by atoms with Crippen molar-refractivity contribution in [2.45, 2.75) is 113 Å². The first-order chi connectivity index (χ1) is 21.3. The third-order valence-electron chi connectivity index (χ3n) is 7.60. The van der Waals surface area contributed by atoms with Crippen LogP contribution in [0.4, 0.5) is 5.69 Å². The van der Waals surface area contributed by atoms with Gasteiger partial charge in [0, 0.05) is 12.2 Å². The van der Waals surface area contributed by atoms with Crippen molar-refractivity contribution in [2.75, 3.05) is 11.9 Å². The zero-order chi connectivity index (χ0) is 31.5. The number of hydrogen-bond donors (Lipinski definition) is 1. The van der Waals surface area contributed by atoms with Crippen LogP contribution in [-0.4, -0.2) is 34.8 Å². The lowest BCUT2D eigenvalue weighted by Gasteiger charge is -2.08. The van der Waals surface area contributed by atoms with E-state index >= 15 is 0 Å². The van der Waals surface area contributed by atoms with Gasteiger partial charge in [-0.3, -0.25) is 0 Å². The highest BCUT2D eigenvalue weighted by Gasteiger charge is 2.16. The Kier molecular flexibility index (Phi) is 15.6. The van der Waals surface area contributed by atoms with Gasteiger partial charge in [0.15, 0.2) is 0 Å². The van der Waals surface area contributed by atoms with Crippen molar-refractivity contribution in [3.05, 3.63) is 78.9 Å². The molecular weight excluding hydrogens is 591 g/mol. The molecule has 2 aromatic rings. The van der Waals surface area contributed by atoms with E-state index in [9.17, 15) is 16.8 Å². The van der Waals surface area contributed by atoms with E-state index in [4.69, 9.17) is 0 Å². The van der Waals surface area contributed by atoms with Crippen LogP contribution < -0.4 is 5.32 Å². The summed E-state index contributed by atoms with van der Waals surface area (Å²) < 4.78 is 58.2. The van der Waals surface area contributed by atoms with Gasteiger partial charge in [0.05, 0.1) is 21.2 Å². The van der Waals surface area contributed by atoms with Gasteiger partial charge < -0.3 is 5.32 Å². The fourth-order valence-electron chi connectivity index (χ4n) is 5.02. The number of benzene rings is 2. The van der Waals surface area contributed by atoms with Gasteiger partial charge in [0.2, 0.25) is 0 Å². The average molecular weight is 640 g/mol. The van der Waals surface area contributed by atoms with E-state index in [0.29, 0.717) is 0 Å². The van der Waals surface area contributed by atoms with Crippen molar-refractivity contribution < 1.29 is 16.8 Å². The lowest BCUT2D eigenvalue weighted by Crippen LogP contribution is -2.07. The summed E-state index contributed by atoms with van der Waals surface area (Å²) in [6.45, 7) is 3.12. The monoisotopic (exact) mass is 639 g/mol. The van der Waals surface area contributed by atoms with Crippen molar-refractivity contribution in [1.82, 2.24) is 0 Å². The highest BCUT2D eigenvalue weighted by Crippen LogP contribution is 2.19. The van der Waals surface area contributed by atoms with Crippen molar-refractivity contribution in [2.24, 2.45) is 8.80 Å². The average Bonchev–Trinajstić information content (AvgIpc) is 3.02. The van der Waals surface area contributed by atoms with E-state index in [1.165, 1.54) is 126 Å². The Morgan fingerprint density at radius 3 is 1.32 bits per heavy atom. The molecular formula is C35H49N3O4S2. The number of allylic oxidation sites excluding steroid dienone is 4. The molecule has 0 unspecified atom stereocenters. The maximum Gasteiger partial charge on any atom is 0.282 e. The fraction of sp³-hybridized carbons (Fsp3) is 0.486. The van der Waals surface area contributed by atoms with Crippen LogP contribution in [0, 0.1) is 0 Å². The molecule has 0 bridgehead atoms. The summed E-state index contributed by atoms with van der Waals surface area (Å²) in [5, 5.41) is 3.37. The number of anilines is 1. The summed E-state index contributed by atoms with van der Waals surface area (Å²) >= 11 is 0. The minimum Gasteiger partial charge on any atom is -0.385 e. The van der Waals surface area contributed by atoms with Gasteiger partial charge >= 0.3 is 0 Å². The summed E-state index contributed by atoms with van der Waals surface area (Å²) in [5.74, 6) is 0. The molecule has 0 radical (unpaired) electrons. The quantitative estimate of drug-likeness (QED) is 0.108. The molecule has 2 aromatic carbocycles. The molecule has 7 nitrogen and oxygen atoms in total. The van der Waals surface area contributed by atoms with Gasteiger partial charge in [0.25, 0.3) is 20.0 Å². The van der Waals surface area contributed by atoms with E-state index in [0.717, 1.165) is 18.7 Å². The van der Waals surface area contributed by atoms with Crippen LogP contribution in [-0.2, 0) is 20.0 Å². The Labute approximate surface area is 265 Å². The zero-order valence-corrected chi connectivity index (χ0v) is 27.8. The van der Waals surface area contributed by atoms with Crippen LogP contribution in [0.3, 0.4) is 0 Å². The van der Waals surface area contributed by atoms with Gasteiger partial charge in [0.1, 0.15) is 0 Å². The molecule has 3 rings (SSSR count). The molecule has 0 saturated heterocycles. The second-order valence-corrected chi connectivity index (χ2v) is 14.6. The second kappa shape index (κ2) is 19.4. The lowest BCUT2D eigenvalue weighted by atomic mass is 10.0. The summed E-state index contributed by atoms with van der Waals surface area (Å²) in [6.07, 6.45) is 25.8. The summed E-state index contributed by atoms with van der Waals surface area (Å²) in [5.41, 5.74) is 1.26. The van der Waals surface area contributed by atoms with E-state index in [1.54, 1.807) is 42.5 Å². The van der Waals surface area contributed by atoms with Crippen LogP contribution in [0.5, 0.6) is 0 Å². The molecule has 0 aliphatic heterocycles. The normalized spacial score (nSPS) is 13.3. The highest BCUT2D eigenvalue weighted by molar-refractivity contribution is 7.90.